The molecule has 0 unspecified atom stereocenters. The van der Waals surface area contributed by atoms with E-state index in [-0.39, 0.29) is 16.0 Å². The first kappa shape index (κ1) is 18.0. The molecule has 1 N–H and O–H groups in total. The van der Waals surface area contributed by atoms with Crippen LogP contribution in [0.4, 0.5) is 0 Å². The highest BCUT2D eigenvalue weighted by Crippen LogP contribution is 2.34. The molecular formula is C17H12ClN3O4S. The monoisotopic (exact) mass is 389 g/mol. The fourth-order valence-electron chi connectivity index (χ4n) is 2.05. The standard InChI is InChI=1S/C17H12ClN3O4S/c1-24-13-5-4-11(18)8-12(13)15-20-21-17(25-15)26-14(16(22)23)7-10-3-2-6-19-9-10/h2-9H,1H3,(H,22,23)/b14-7-. The highest BCUT2D eigenvalue weighted by molar-refractivity contribution is 8.03. The number of aliphatic carboxylic acids is 1. The zero-order valence-corrected chi connectivity index (χ0v) is 15.0. The van der Waals surface area contributed by atoms with Gasteiger partial charge in [-0.25, -0.2) is 4.79 Å². The normalized spacial score (nSPS) is 11.4. The first-order valence-corrected chi connectivity index (χ1v) is 8.46. The molecule has 0 atom stereocenters. The van der Waals surface area contributed by atoms with Crippen molar-refractivity contribution >= 4 is 35.4 Å². The van der Waals surface area contributed by atoms with Gasteiger partial charge in [-0.2, -0.15) is 0 Å². The topological polar surface area (TPSA) is 98.3 Å². The van der Waals surface area contributed by atoms with E-state index in [9.17, 15) is 9.90 Å². The Morgan fingerprint density at radius 2 is 2.19 bits per heavy atom. The van der Waals surface area contributed by atoms with Crippen LogP contribution >= 0.6 is 23.4 Å². The number of ether oxygens (including phenoxy) is 1. The highest BCUT2D eigenvalue weighted by atomic mass is 35.5. The van der Waals surface area contributed by atoms with Gasteiger partial charge in [-0.1, -0.05) is 17.7 Å². The van der Waals surface area contributed by atoms with Gasteiger partial charge in [0.1, 0.15) is 10.7 Å². The van der Waals surface area contributed by atoms with Crippen LogP contribution in [0, 0.1) is 0 Å². The molecule has 0 amide bonds. The molecule has 0 aliphatic rings. The average molecular weight is 390 g/mol. The number of pyridine rings is 1. The summed E-state index contributed by atoms with van der Waals surface area (Å²) in [5.74, 6) is -0.420. The summed E-state index contributed by atoms with van der Waals surface area (Å²) in [5, 5.41) is 17.8. The lowest BCUT2D eigenvalue weighted by molar-refractivity contribution is -0.131. The Morgan fingerprint density at radius 3 is 2.88 bits per heavy atom. The molecule has 2 heterocycles. The van der Waals surface area contributed by atoms with E-state index in [1.807, 2.05) is 0 Å². The lowest BCUT2D eigenvalue weighted by Crippen LogP contribution is -1.96. The molecule has 0 bridgehead atoms. The molecule has 0 saturated heterocycles. The minimum Gasteiger partial charge on any atom is -0.496 e. The number of hydrogen-bond acceptors (Lipinski definition) is 7. The Bertz CT molecular complexity index is 960. The third-order valence-electron chi connectivity index (χ3n) is 3.19. The van der Waals surface area contributed by atoms with E-state index in [0.29, 0.717) is 21.9 Å². The Kier molecular flexibility index (Phi) is 5.55. The highest BCUT2D eigenvalue weighted by Gasteiger charge is 2.18. The van der Waals surface area contributed by atoms with Crippen LogP contribution in [0.1, 0.15) is 5.56 Å². The molecule has 1 aromatic carbocycles. The second-order valence-electron chi connectivity index (χ2n) is 4.92. The summed E-state index contributed by atoms with van der Waals surface area (Å²) in [4.78, 5) is 15.5. The lowest BCUT2D eigenvalue weighted by Gasteiger charge is -2.04. The number of aromatic nitrogens is 3. The maximum absolute atomic E-state index is 11.5. The van der Waals surface area contributed by atoms with Crippen LogP contribution in [0.15, 0.2) is 57.3 Å². The maximum Gasteiger partial charge on any atom is 0.342 e. The van der Waals surface area contributed by atoms with Gasteiger partial charge in [-0.3, -0.25) is 4.98 Å². The van der Waals surface area contributed by atoms with Crippen molar-refractivity contribution in [3.8, 4) is 17.2 Å². The van der Waals surface area contributed by atoms with Crippen LogP contribution < -0.4 is 4.74 Å². The number of halogens is 1. The SMILES string of the molecule is COc1ccc(Cl)cc1-c1nnc(S/C(=C\c2cccnc2)C(=O)O)o1. The Hall–Kier alpha value is -2.84. The summed E-state index contributed by atoms with van der Waals surface area (Å²) in [5.41, 5.74) is 1.17. The minimum absolute atomic E-state index is 0.0197. The summed E-state index contributed by atoms with van der Waals surface area (Å²) >= 11 is 6.85. The molecule has 26 heavy (non-hydrogen) atoms. The summed E-state index contributed by atoms with van der Waals surface area (Å²) in [6, 6.07) is 8.44. The van der Waals surface area contributed by atoms with Gasteiger partial charge in [0.05, 0.1) is 12.7 Å². The van der Waals surface area contributed by atoms with E-state index < -0.39 is 5.97 Å². The van der Waals surface area contributed by atoms with E-state index in [4.69, 9.17) is 20.8 Å². The fraction of sp³-hybridized carbons (Fsp3) is 0.0588. The summed E-state index contributed by atoms with van der Waals surface area (Å²) < 4.78 is 10.8. The molecule has 0 saturated carbocycles. The summed E-state index contributed by atoms with van der Waals surface area (Å²) in [6.07, 6.45) is 4.64. The second-order valence-corrected chi connectivity index (χ2v) is 6.35. The molecule has 0 spiro atoms. The smallest absolute Gasteiger partial charge is 0.342 e. The first-order chi connectivity index (χ1) is 12.6. The molecule has 0 fully saturated rings. The predicted molar refractivity (Wildman–Crippen MR) is 97.0 cm³/mol. The van der Waals surface area contributed by atoms with Gasteiger partial charge >= 0.3 is 5.97 Å². The number of carboxylic acids is 1. The predicted octanol–water partition coefficient (Wildman–Crippen LogP) is 4.01. The van der Waals surface area contributed by atoms with Gasteiger partial charge in [-0.05, 0) is 47.7 Å². The number of nitrogens with zero attached hydrogens (tertiary/aromatic N) is 3. The molecular weight excluding hydrogens is 378 g/mol. The molecule has 0 aliphatic carbocycles. The quantitative estimate of drug-likeness (QED) is 0.498. The van der Waals surface area contributed by atoms with Crippen LogP contribution in [0.25, 0.3) is 17.5 Å². The summed E-state index contributed by atoms with van der Waals surface area (Å²) in [6.45, 7) is 0. The third-order valence-corrected chi connectivity index (χ3v) is 4.28. The number of benzene rings is 1. The molecule has 2 aromatic heterocycles. The van der Waals surface area contributed by atoms with E-state index >= 15 is 0 Å². The van der Waals surface area contributed by atoms with Crippen LogP contribution in [0.3, 0.4) is 0 Å². The Balaban J connectivity index is 1.89. The Labute approximate surface area is 157 Å². The Morgan fingerprint density at radius 1 is 1.35 bits per heavy atom. The number of hydrogen-bond donors (Lipinski definition) is 1. The molecule has 9 heteroatoms. The van der Waals surface area contributed by atoms with Gasteiger partial charge < -0.3 is 14.3 Å². The van der Waals surface area contributed by atoms with Gasteiger partial charge in [0.2, 0.25) is 0 Å². The van der Waals surface area contributed by atoms with E-state index in [2.05, 4.69) is 15.2 Å². The van der Waals surface area contributed by atoms with Crippen LogP contribution in [0.5, 0.6) is 5.75 Å². The van der Waals surface area contributed by atoms with Crippen molar-refractivity contribution in [2.75, 3.05) is 7.11 Å². The molecule has 132 valence electrons. The molecule has 7 nitrogen and oxygen atoms in total. The van der Waals surface area contributed by atoms with E-state index in [1.165, 1.54) is 13.2 Å². The van der Waals surface area contributed by atoms with Gasteiger partial charge in [-0.15, -0.1) is 10.2 Å². The zero-order valence-electron chi connectivity index (χ0n) is 13.4. The maximum atomic E-state index is 11.5. The second kappa shape index (κ2) is 8.03. The van der Waals surface area contributed by atoms with E-state index in [0.717, 1.165) is 11.8 Å². The van der Waals surface area contributed by atoms with Crippen molar-refractivity contribution < 1.29 is 19.1 Å². The number of methoxy groups -OCH3 is 1. The largest absolute Gasteiger partial charge is 0.496 e. The van der Waals surface area contributed by atoms with Crippen molar-refractivity contribution in [3.63, 3.8) is 0 Å². The van der Waals surface area contributed by atoms with Crippen molar-refractivity contribution in [1.82, 2.24) is 15.2 Å². The molecule has 3 aromatic rings. The number of carboxylic acid groups (broad SMARTS) is 1. The van der Waals surface area contributed by atoms with Crippen molar-refractivity contribution in [2.45, 2.75) is 5.22 Å². The molecule has 0 radical (unpaired) electrons. The first-order valence-electron chi connectivity index (χ1n) is 7.27. The van der Waals surface area contributed by atoms with E-state index in [1.54, 1.807) is 42.7 Å². The third kappa shape index (κ3) is 4.22. The number of rotatable bonds is 6. The lowest BCUT2D eigenvalue weighted by atomic mass is 10.2. The van der Waals surface area contributed by atoms with Gasteiger partial charge in [0.25, 0.3) is 11.1 Å². The summed E-state index contributed by atoms with van der Waals surface area (Å²) in [7, 11) is 1.51. The number of carbonyl (C=O) groups is 1. The van der Waals surface area contributed by atoms with Crippen molar-refractivity contribution in [1.29, 1.82) is 0 Å². The van der Waals surface area contributed by atoms with Crippen LogP contribution in [-0.4, -0.2) is 33.4 Å². The molecule has 0 aliphatic heterocycles. The van der Waals surface area contributed by atoms with Gasteiger partial charge in [0.15, 0.2) is 0 Å². The van der Waals surface area contributed by atoms with Crippen LogP contribution in [-0.2, 0) is 4.79 Å². The van der Waals surface area contributed by atoms with Crippen molar-refractivity contribution in [2.24, 2.45) is 0 Å². The number of thioether (sulfide) groups is 1. The minimum atomic E-state index is -1.11. The molecule has 3 rings (SSSR count). The van der Waals surface area contributed by atoms with Crippen molar-refractivity contribution in [3.05, 3.63) is 58.2 Å². The fourth-order valence-corrected chi connectivity index (χ4v) is 2.89. The van der Waals surface area contributed by atoms with Gasteiger partial charge in [0, 0.05) is 17.4 Å². The van der Waals surface area contributed by atoms with Crippen LogP contribution in [0.2, 0.25) is 5.02 Å². The average Bonchev–Trinajstić information content (AvgIpc) is 3.10. The zero-order chi connectivity index (χ0) is 18.5.